The van der Waals surface area contributed by atoms with Crippen LogP contribution in [0, 0.1) is 0 Å². The zero-order valence-corrected chi connectivity index (χ0v) is 17.0. The van der Waals surface area contributed by atoms with Gasteiger partial charge in [-0.1, -0.05) is 0 Å². The molecule has 0 saturated heterocycles. The number of ketones is 1. The molecule has 0 aliphatic rings. The second-order valence-electron chi connectivity index (χ2n) is 6.08. The van der Waals surface area contributed by atoms with Gasteiger partial charge >= 0.3 is 0 Å². The maximum Gasteiger partial charge on any atom is 0.203 e. The van der Waals surface area contributed by atoms with Crippen LogP contribution in [0.4, 0.5) is 0 Å². The SMILES string of the molecule is COc1cc(C(=O)/C=C/c2c[nH]c3c(OC)ccc(OC)c23)cc(OC)c1OC. The molecule has 1 N–H and O–H groups in total. The number of fused-ring (bicyclic) bond motifs is 1. The van der Waals surface area contributed by atoms with E-state index in [9.17, 15) is 4.79 Å². The number of benzene rings is 2. The summed E-state index contributed by atoms with van der Waals surface area (Å²) < 4.78 is 26.8. The van der Waals surface area contributed by atoms with E-state index in [0.717, 1.165) is 16.5 Å². The van der Waals surface area contributed by atoms with Crippen LogP contribution < -0.4 is 23.7 Å². The van der Waals surface area contributed by atoms with E-state index in [4.69, 9.17) is 23.7 Å². The first-order chi connectivity index (χ1) is 14.1. The third-order valence-electron chi connectivity index (χ3n) is 4.59. The molecule has 0 amide bonds. The molecule has 152 valence electrons. The largest absolute Gasteiger partial charge is 0.496 e. The molecule has 7 nitrogen and oxygen atoms in total. The lowest BCUT2D eigenvalue weighted by atomic mass is 10.1. The van der Waals surface area contributed by atoms with Crippen LogP contribution in [-0.2, 0) is 0 Å². The lowest BCUT2D eigenvalue weighted by Gasteiger charge is -2.13. The van der Waals surface area contributed by atoms with Gasteiger partial charge in [-0.15, -0.1) is 0 Å². The average molecular weight is 397 g/mol. The lowest BCUT2D eigenvalue weighted by Crippen LogP contribution is -2.00. The van der Waals surface area contributed by atoms with Gasteiger partial charge in [0.2, 0.25) is 5.75 Å². The molecule has 0 saturated carbocycles. The lowest BCUT2D eigenvalue weighted by molar-refractivity contribution is 0.104. The predicted octanol–water partition coefficient (Wildman–Crippen LogP) is 4.11. The van der Waals surface area contributed by atoms with Crippen LogP contribution in [0.25, 0.3) is 17.0 Å². The van der Waals surface area contributed by atoms with E-state index in [0.29, 0.717) is 34.3 Å². The molecule has 7 heteroatoms. The summed E-state index contributed by atoms with van der Waals surface area (Å²) in [5.74, 6) is 2.44. The number of aromatic amines is 1. The van der Waals surface area contributed by atoms with Crippen molar-refractivity contribution in [3.63, 3.8) is 0 Å². The highest BCUT2D eigenvalue weighted by Gasteiger charge is 2.16. The van der Waals surface area contributed by atoms with Gasteiger partial charge < -0.3 is 28.7 Å². The molecule has 0 aliphatic carbocycles. The van der Waals surface area contributed by atoms with E-state index in [2.05, 4.69) is 4.98 Å². The van der Waals surface area contributed by atoms with E-state index in [1.165, 1.54) is 27.4 Å². The first kappa shape index (κ1) is 20.1. The van der Waals surface area contributed by atoms with Crippen molar-refractivity contribution < 1.29 is 28.5 Å². The van der Waals surface area contributed by atoms with Crippen LogP contribution in [0.5, 0.6) is 28.7 Å². The normalized spacial score (nSPS) is 10.9. The molecular weight excluding hydrogens is 374 g/mol. The van der Waals surface area contributed by atoms with Crippen molar-refractivity contribution in [3.8, 4) is 28.7 Å². The molecule has 0 unspecified atom stereocenters. The monoisotopic (exact) mass is 397 g/mol. The summed E-state index contributed by atoms with van der Waals surface area (Å²) in [5.41, 5.74) is 2.02. The number of nitrogens with one attached hydrogen (secondary N) is 1. The molecule has 0 bridgehead atoms. The number of ether oxygens (including phenoxy) is 5. The highest BCUT2D eigenvalue weighted by Crippen LogP contribution is 2.39. The van der Waals surface area contributed by atoms with Gasteiger partial charge in [-0.3, -0.25) is 4.79 Å². The predicted molar refractivity (Wildman–Crippen MR) is 111 cm³/mol. The first-order valence-corrected chi connectivity index (χ1v) is 8.82. The van der Waals surface area contributed by atoms with E-state index in [1.54, 1.807) is 38.6 Å². The number of hydrogen-bond donors (Lipinski definition) is 1. The summed E-state index contributed by atoms with van der Waals surface area (Å²) in [6, 6.07) is 6.89. The average Bonchev–Trinajstić information content (AvgIpc) is 3.19. The molecule has 3 aromatic rings. The van der Waals surface area contributed by atoms with Crippen molar-refractivity contribution in [3.05, 3.63) is 47.7 Å². The second-order valence-corrected chi connectivity index (χ2v) is 6.08. The molecule has 0 aliphatic heterocycles. The summed E-state index contributed by atoms with van der Waals surface area (Å²) >= 11 is 0. The minimum Gasteiger partial charge on any atom is -0.496 e. The Hall–Kier alpha value is -3.61. The van der Waals surface area contributed by atoms with Crippen LogP contribution >= 0.6 is 0 Å². The smallest absolute Gasteiger partial charge is 0.203 e. The summed E-state index contributed by atoms with van der Waals surface area (Å²) in [6.07, 6.45) is 5.02. The van der Waals surface area contributed by atoms with E-state index in [-0.39, 0.29) is 5.78 Å². The molecule has 1 aromatic heterocycles. The molecule has 1 heterocycles. The van der Waals surface area contributed by atoms with E-state index in [1.807, 2.05) is 12.1 Å². The topological polar surface area (TPSA) is 79.0 Å². The van der Waals surface area contributed by atoms with Gasteiger partial charge in [-0.05, 0) is 36.4 Å². The van der Waals surface area contributed by atoms with E-state index < -0.39 is 0 Å². The van der Waals surface area contributed by atoms with Crippen molar-refractivity contribution in [1.82, 2.24) is 4.98 Å². The minimum atomic E-state index is -0.208. The molecule has 3 rings (SSSR count). The molecular formula is C22H23NO6. The van der Waals surface area contributed by atoms with Crippen molar-refractivity contribution >= 4 is 22.8 Å². The second kappa shape index (κ2) is 8.60. The number of carbonyl (C=O) groups is 1. The van der Waals surface area contributed by atoms with Crippen molar-refractivity contribution in [2.24, 2.45) is 0 Å². The van der Waals surface area contributed by atoms with Crippen molar-refractivity contribution in [2.75, 3.05) is 35.5 Å². The number of carbonyl (C=O) groups excluding carboxylic acids is 1. The van der Waals surface area contributed by atoms with Crippen LogP contribution in [0.3, 0.4) is 0 Å². The molecule has 0 atom stereocenters. The maximum absolute atomic E-state index is 12.8. The Morgan fingerprint density at radius 1 is 0.828 bits per heavy atom. The molecule has 0 fully saturated rings. The minimum absolute atomic E-state index is 0.208. The fraction of sp³-hybridized carbons (Fsp3) is 0.227. The summed E-state index contributed by atoms with van der Waals surface area (Å²) in [5, 5.41) is 0.834. The molecule has 2 aromatic carbocycles. The Balaban J connectivity index is 2.00. The number of hydrogen-bond acceptors (Lipinski definition) is 6. The molecule has 0 spiro atoms. The molecule has 0 radical (unpaired) electrons. The van der Waals surface area contributed by atoms with Crippen molar-refractivity contribution in [1.29, 1.82) is 0 Å². The van der Waals surface area contributed by atoms with Gasteiger partial charge in [0.05, 0.1) is 46.5 Å². The van der Waals surface area contributed by atoms with Crippen LogP contribution in [0.2, 0.25) is 0 Å². The van der Waals surface area contributed by atoms with Crippen LogP contribution in [-0.4, -0.2) is 46.3 Å². The van der Waals surface area contributed by atoms with Crippen LogP contribution in [0.1, 0.15) is 15.9 Å². The number of allylic oxidation sites excluding steroid dienone is 1. The first-order valence-electron chi connectivity index (χ1n) is 8.82. The zero-order valence-electron chi connectivity index (χ0n) is 17.0. The Labute approximate surface area is 168 Å². The van der Waals surface area contributed by atoms with Gasteiger partial charge in [-0.25, -0.2) is 0 Å². The fourth-order valence-corrected chi connectivity index (χ4v) is 3.17. The van der Waals surface area contributed by atoms with Gasteiger partial charge in [0, 0.05) is 17.3 Å². The number of rotatable bonds is 8. The fourth-order valence-electron chi connectivity index (χ4n) is 3.17. The quantitative estimate of drug-likeness (QED) is 0.455. The standard InChI is InChI=1S/C22H23NO6/c1-25-16-8-9-17(26-2)21-20(16)13(12-23-21)6-7-15(24)14-10-18(27-3)22(29-5)19(11-14)28-4/h6-12,23H,1-5H3/b7-6+. The summed E-state index contributed by atoms with van der Waals surface area (Å²) in [4.78, 5) is 16.0. The maximum atomic E-state index is 12.8. The van der Waals surface area contributed by atoms with Gasteiger partial charge in [0.15, 0.2) is 17.3 Å². The Bertz CT molecular complexity index is 1040. The Kier molecular flexibility index (Phi) is 5.97. The number of methoxy groups -OCH3 is 5. The number of aromatic nitrogens is 1. The van der Waals surface area contributed by atoms with Crippen molar-refractivity contribution in [2.45, 2.75) is 0 Å². The Morgan fingerprint density at radius 2 is 1.41 bits per heavy atom. The third kappa shape index (κ3) is 3.71. The van der Waals surface area contributed by atoms with E-state index >= 15 is 0 Å². The van der Waals surface area contributed by atoms with Gasteiger partial charge in [-0.2, -0.15) is 0 Å². The summed E-state index contributed by atoms with van der Waals surface area (Å²) in [6.45, 7) is 0. The Morgan fingerprint density at radius 3 is 1.97 bits per heavy atom. The third-order valence-corrected chi connectivity index (χ3v) is 4.59. The molecule has 29 heavy (non-hydrogen) atoms. The van der Waals surface area contributed by atoms with Gasteiger partial charge in [0.25, 0.3) is 0 Å². The summed E-state index contributed by atoms with van der Waals surface area (Å²) in [7, 11) is 7.73. The zero-order chi connectivity index (χ0) is 21.0. The highest BCUT2D eigenvalue weighted by atomic mass is 16.5. The number of H-pyrrole nitrogens is 1. The van der Waals surface area contributed by atoms with Gasteiger partial charge in [0.1, 0.15) is 11.5 Å². The highest BCUT2D eigenvalue weighted by molar-refractivity contribution is 6.09. The van der Waals surface area contributed by atoms with Crippen LogP contribution in [0.15, 0.2) is 36.5 Å².